The topological polar surface area (TPSA) is 73.8 Å². The van der Waals surface area contributed by atoms with Gasteiger partial charge in [-0.3, -0.25) is 4.99 Å². The molecule has 0 atom stereocenters. The van der Waals surface area contributed by atoms with E-state index in [1.54, 1.807) is 4.31 Å². The van der Waals surface area contributed by atoms with Gasteiger partial charge in [-0.05, 0) is 19.3 Å². The zero-order valence-corrected chi connectivity index (χ0v) is 15.6. The van der Waals surface area contributed by atoms with E-state index in [1.165, 1.54) is 0 Å². The summed E-state index contributed by atoms with van der Waals surface area (Å²) in [5.41, 5.74) is 0. The number of hydrogen-bond donors (Lipinski definition) is 2. The second-order valence-corrected chi connectivity index (χ2v) is 9.01. The van der Waals surface area contributed by atoms with E-state index < -0.39 is 10.0 Å². The Morgan fingerprint density at radius 3 is 2.55 bits per heavy atom. The first-order chi connectivity index (χ1) is 10.5. The van der Waals surface area contributed by atoms with E-state index in [1.807, 2.05) is 18.7 Å². The van der Waals surface area contributed by atoms with E-state index in [4.69, 9.17) is 0 Å². The Labute approximate surface area is 139 Å². The first-order valence-electron chi connectivity index (χ1n) is 8.03. The Balaban J connectivity index is 2.40. The molecular formula is C14H30N4O2S2. The highest BCUT2D eigenvalue weighted by Gasteiger charge is 2.23. The van der Waals surface area contributed by atoms with Crippen molar-refractivity contribution in [2.24, 2.45) is 10.9 Å². The molecule has 0 amide bonds. The summed E-state index contributed by atoms with van der Waals surface area (Å²) in [6, 6.07) is 0. The largest absolute Gasteiger partial charge is 0.357 e. The van der Waals surface area contributed by atoms with Gasteiger partial charge in [0.05, 0.1) is 5.75 Å². The van der Waals surface area contributed by atoms with Gasteiger partial charge in [0.25, 0.3) is 0 Å². The van der Waals surface area contributed by atoms with Gasteiger partial charge in [-0.25, -0.2) is 12.7 Å². The quantitative estimate of drug-likeness (QED) is 0.504. The molecule has 1 fully saturated rings. The van der Waals surface area contributed by atoms with Gasteiger partial charge >= 0.3 is 0 Å². The van der Waals surface area contributed by atoms with Gasteiger partial charge in [0.2, 0.25) is 10.0 Å². The Kier molecular flexibility index (Phi) is 9.19. The SMILES string of the molecule is CCNC(=NCCC(C)C)NCCS(=O)(=O)N1CCSCC1. The number of rotatable bonds is 8. The molecule has 130 valence electrons. The van der Waals surface area contributed by atoms with Crippen molar-refractivity contribution in [3.05, 3.63) is 0 Å². The maximum absolute atomic E-state index is 12.2. The molecule has 0 aromatic heterocycles. The molecule has 0 spiro atoms. The lowest BCUT2D eigenvalue weighted by Gasteiger charge is -2.25. The summed E-state index contributed by atoms with van der Waals surface area (Å²) in [6.07, 6.45) is 1.03. The van der Waals surface area contributed by atoms with Crippen molar-refractivity contribution in [3.63, 3.8) is 0 Å². The molecule has 0 aromatic carbocycles. The Morgan fingerprint density at radius 2 is 1.95 bits per heavy atom. The molecule has 8 heteroatoms. The van der Waals surface area contributed by atoms with Gasteiger partial charge < -0.3 is 10.6 Å². The average molecular weight is 351 g/mol. The summed E-state index contributed by atoms with van der Waals surface area (Å²) in [5.74, 6) is 3.22. The van der Waals surface area contributed by atoms with Gasteiger partial charge in [-0.15, -0.1) is 0 Å². The van der Waals surface area contributed by atoms with Crippen molar-refractivity contribution >= 4 is 27.7 Å². The molecule has 0 saturated carbocycles. The smallest absolute Gasteiger partial charge is 0.215 e. The van der Waals surface area contributed by atoms with Crippen molar-refractivity contribution in [2.45, 2.75) is 27.2 Å². The van der Waals surface area contributed by atoms with Gasteiger partial charge in [0, 0.05) is 44.2 Å². The Bertz CT molecular complexity index is 432. The van der Waals surface area contributed by atoms with E-state index >= 15 is 0 Å². The number of thioether (sulfide) groups is 1. The summed E-state index contributed by atoms with van der Waals surface area (Å²) in [5, 5.41) is 6.27. The fourth-order valence-electron chi connectivity index (χ4n) is 2.03. The monoisotopic (exact) mass is 350 g/mol. The maximum atomic E-state index is 12.2. The van der Waals surface area contributed by atoms with Crippen LogP contribution in [0.5, 0.6) is 0 Å². The van der Waals surface area contributed by atoms with E-state index in [9.17, 15) is 8.42 Å². The average Bonchev–Trinajstić information content (AvgIpc) is 2.47. The second kappa shape index (κ2) is 10.3. The standard InChI is InChI=1S/C14H30N4O2S2/c1-4-15-14(16-6-5-13(2)3)17-7-12-22(19,20)18-8-10-21-11-9-18/h13H,4-12H2,1-3H3,(H2,15,16,17). The summed E-state index contributed by atoms with van der Waals surface area (Å²) in [6.45, 7) is 9.51. The number of nitrogens with zero attached hydrogens (tertiary/aromatic N) is 2. The molecule has 22 heavy (non-hydrogen) atoms. The minimum atomic E-state index is -3.15. The highest BCUT2D eigenvalue weighted by molar-refractivity contribution is 7.99. The van der Waals surface area contributed by atoms with Crippen LogP contribution in [0.1, 0.15) is 27.2 Å². The van der Waals surface area contributed by atoms with Crippen molar-refractivity contribution in [3.8, 4) is 0 Å². The first kappa shape index (κ1) is 19.6. The normalized spacial score (nSPS) is 17.7. The van der Waals surface area contributed by atoms with Crippen LogP contribution in [0.3, 0.4) is 0 Å². The summed E-state index contributed by atoms with van der Waals surface area (Å²) in [7, 11) is -3.15. The van der Waals surface area contributed by atoms with Crippen LogP contribution in [-0.4, -0.2) is 68.7 Å². The number of aliphatic imine (C=N–C) groups is 1. The van der Waals surface area contributed by atoms with E-state index in [0.717, 1.165) is 31.0 Å². The minimum absolute atomic E-state index is 0.117. The van der Waals surface area contributed by atoms with Crippen molar-refractivity contribution in [2.75, 3.05) is 50.0 Å². The van der Waals surface area contributed by atoms with Gasteiger partial charge in [-0.1, -0.05) is 13.8 Å². The third-order valence-corrected chi connectivity index (χ3v) is 6.15. The first-order valence-corrected chi connectivity index (χ1v) is 10.8. The molecule has 0 aliphatic carbocycles. The van der Waals surface area contributed by atoms with Crippen molar-refractivity contribution in [1.82, 2.24) is 14.9 Å². The number of guanidine groups is 1. The molecule has 1 rings (SSSR count). The van der Waals surface area contributed by atoms with Crippen LogP contribution in [0, 0.1) is 5.92 Å². The molecule has 0 bridgehead atoms. The van der Waals surface area contributed by atoms with Gasteiger partial charge in [-0.2, -0.15) is 11.8 Å². The molecule has 6 nitrogen and oxygen atoms in total. The van der Waals surface area contributed by atoms with Crippen LogP contribution in [0.4, 0.5) is 0 Å². The highest BCUT2D eigenvalue weighted by Crippen LogP contribution is 2.12. The molecule has 0 unspecified atom stereocenters. The fourth-order valence-corrected chi connectivity index (χ4v) is 4.52. The van der Waals surface area contributed by atoms with Gasteiger partial charge in [0.15, 0.2) is 5.96 Å². The van der Waals surface area contributed by atoms with Crippen LogP contribution in [0.15, 0.2) is 4.99 Å². The number of hydrogen-bond acceptors (Lipinski definition) is 4. The van der Waals surface area contributed by atoms with Crippen LogP contribution in [-0.2, 0) is 10.0 Å². The Morgan fingerprint density at radius 1 is 1.27 bits per heavy atom. The molecule has 1 aliphatic rings. The van der Waals surface area contributed by atoms with Crippen molar-refractivity contribution < 1.29 is 8.42 Å². The third-order valence-electron chi connectivity index (χ3n) is 3.34. The van der Waals surface area contributed by atoms with E-state index in [0.29, 0.717) is 31.5 Å². The molecule has 0 radical (unpaired) electrons. The summed E-state index contributed by atoms with van der Waals surface area (Å²) in [4.78, 5) is 4.47. The number of nitrogens with one attached hydrogen (secondary N) is 2. The summed E-state index contributed by atoms with van der Waals surface area (Å²) >= 11 is 1.81. The maximum Gasteiger partial charge on any atom is 0.215 e. The third kappa shape index (κ3) is 7.69. The fraction of sp³-hybridized carbons (Fsp3) is 0.929. The predicted molar refractivity (Wildman–Crippen MR) is 96.1 cm³/mol. The van der Waals surface area contributed by atoms with E-state index in [2.05, 4.69) is 29.5 Å². The number of sulfonamides is 1. The Hall–Kier alpha value is -0.470. The lowest BCUT2D eigenvalue weighted by molar-refractivity contribution is 0.443. The van der Waals surface area contributed by atoms with Crippen LogP contribution < -0.4 is 10.6 Å². The van der Waals surface area contributed by atoms with Crippen LogP contribution >= 0.6 is 11.8 Å². The lowest BCUT2D eigenvalue weighted by atomic mass is 10.1. The van der Waals surface area contributed by atoms with Crippen LogP contribution in [0.25, 0.3) is 0 Å². The molecule has 1 saturated heterocycles. The highest BCUT2D eigenvalue weighted by atomic mass is 32.2. The molecule has 2 N–H and O–H groups in total. The van der Waals surface area contributed by atoms with Gasteiger partial charge in [0.1, 0.15) is 0 Å². The second-order valence-electron chi connectivity index (χ2n) is 5.70. The zero-order valence-electron chi connectivity index (χ0n) is 14.0. The lowest BCUT2D eigenvalue weighted by Crippen LogP contribution is -2.44. The summed E-state index contributed by atoms with van der Waals surface area (Å²) < 4.78 is 26.1. The molecule has 0 aromatic rings. The molecule has 1 heterocycles. The minimum Gasteiger partial charge on any atom is -0.357 e. The predicted octanol–water partition coefficient (Wildman–Crippen LogP) is 0.966. The van der Waals surface area contributed by atoms with E-state index in [-0.39, 0.29) is 5.75 Å². The zero-order chi connectivity index (χ0) is 16.4. The molecule has 1 aliphatic heterocycles. The van der Waals surface area contributed by atoms with Crippen LogP contribution in [0.2, 0.25) is 0 Å². The molecular weight excluding hydrogens is 320 g/mol. The van der Waals surface area contributed by atoms with Crippen molar-refractivity contribution in [1.29, 1.82) is 0 Å².